The van der Waals surface area contributed by atoms with E-state index in [1.807, 2.05) is 0 Å². The average molecular weight is 126 g/mol. The van der Waals surface area contributed by atoms with Gasteiger partial charge in [-0.05, 0) is 5.54 Å². The van der Waals surface area contributed by atoms with Crippen molar-refractivity contribution in [3.63, 3.8) is 0 Å². The van der Waals surface area contributed by atoms with E-state index in [-0.39, 0.29) is 0 Å². The van der Waals surface area contributed by atoms with Crippen molar-refractivity contribution in [2.75, 3.05) is 0 Å². The first-order valence-electron chi connectivity index (χ1n) is 2.97. The molecule has 46 valence electrons. The minimum absolute atomic E-state index is 0.738. The second kappa shape index (κ2) is 3.67. The molecule has 0 bridgehead atoms. The fourth-order valence-corrected chi connectivity index (χ4v) is 1.92. The van der Waals surface area contributed by atoms with Gasteiger partial charge in [-0.25, -0.2) is 0 Å². The minimum Gasteiger partial charge on any atom is -0.107 e. The van der Waals surface area contributed by atoms with Crippen LogP contribution in [-0.4, -0.2) is 8.80 Å². The number of hydrogen-bond acceptors (Lipinski definition) is 0. The highest BCUT2D eigenvalue weighted by atomic mass is 28.3. The van der Waals surface area contributed by atoms with Crippen molar-refractivity contribution in [2.45, 2.75) is 19.4 Å². The Morgan fingerprint density at radius 1 is 1.25 bits per heavy atom. The molecule has 1 heteroatoms. The molecule has 0 atom stereocenters. The first-order chi connectivity index (χ1) is 3.72. The van der Waals surface area contributed by atoms with Crippen molar-refractivity contribution in [2.24, 2.45) is 0 Å². The molecule has 0 N–H and O–H groups in total. The van der Waals surface area contributed by atoms with Gasteiger partial charge in [-0.2, -0.15) is 0 Å². The Kier molecular flexibility index (Phi) is 3.53. The molecule has 0 fully saturated rings. The minimum atomic E-state index is -0.738. The van der Waals surface area contributed by atoms with Gasteiger partial charge in [0, 0.05) is 0 Å². The van der Waals surface area contributed by atoms with E-state index in [2.05, 4.69) is 38.4 Å². The molecule has 0 aliphatic rings. The Balaban J connectivity index is 3.68. The molecule has 0 heterocycles. The highest BCUT2D eigenvalue weighted by Gasteiger charge is 2.03. The maximum atomic E-state index is 3.74. The number of hydrogen-bond donors (Lipinski definition) is 0. The Morgan fingerprint density at radius 2 is 1.62 bits per heavy atom. The summed E-state index contributed by atoms with van der Waals surface area (Å²) in [5.41, 5.74) is 4.92. The van der Waals surface area contributed by atoms with Gasteiger partial charge in [-0.15, -0.1) is 24.6 Å². The highest BCUT2D eigenvalue weighted by Crippen LogP contribution is 2.07. The van der Waals surface area contributed by atoms with E-state index >= 15 is 0 Å². The molecule has 0 saturated carbocycles. The summed E-state index contributed by atoms with van der Waals surface area (Å²) >= 11 is 0. The highest BCUT2D eigenvalue weighted by molar-refractivity contribution is 6.70. The third-order valence-electron chi connectivity index (χ3n) is 1.31. The van der Waals surface area contributed by atoms with Crippen molar-refractivity contribution >= 4 is 8.80 Å². The maximum absolute atomic E-state index is 3.74. The summed E-state index contributed by atoms with van der Waals surface area (Å²) in [6, 6.07) is 0. The monoisotopic (exact) mass is 126 g/mol. The van der Waals surface area contributed by atoms with E-state index in [0.29, 0.717) is 0 Å². The van der Waals surface area contributed by atoms with E-state index in [9.17, 15) is 0 Å². The summed E-state index contributed by atoms with van der Waals surface area (Å²) in [6.07, 6.45) is 0. The van der Waals surface area contributed by atoms with Crippen LogP contribution in [0.15, 0.2) is 24.6 Å². The summed E-state index contributed by atoms with van der Waals surface area (Å²) in [5, 5.41) is 0. The average Bonchev–Trinajstić information content (AvgIpc) is 1.69. The predicted molar refractivity (Wildman–Crippen MR) is 42.6 cm³/mol. The van der Waals surface area contributed by atoms with Gasteiger partial charge < -0.3 is 0 Å². The Morgan fingerprint density at radius 3 is 1.62 bits per heavy atom. The Bertz CT molecular complexity index is 76.4. The van der Waals surface area contributed by atoms with Crippen LogP contribution in [0, 0.1) is 0 Å². The van der Waals surface area contributed by atoms with E-state index in [0.717, 1.165) is 5.54 Å². The lowest BCUT2D eigenvalue weighted by atomic mass is 10.6. The van der Waals surface area contributed by atoms with E-state index in [1.165, 1.54) is 0 Å². The smallest absolute Gasteiger partial charge is 0.0863 e. The third-order valence-corrected chi connectivity index (χ3v) is 3.94. The van der Waals surface area contributed by atoms with E-state index in [1.54, 1.807) is 0 Å². The van der Waals surface area contributed by atoms with Crippen molar-refractivity contribution in [3.8, 4) is 0 Å². The molecule has 0 aliphatic heterocycles. The van der Waals surface area contributed by atoms with Gasteiger partial charge in [-0.1, -0.05) is 13.8 Å². The zero-order valence-electron chi connectivity index (χ0n) is 5.72. The largest absolute Gasteiger partial charge is 0.107 e. The predicted octanol–water partition coefficient (Wildman–Crippen LogP) is 2.07. The van der Waals surface area contributed by atoms with Crippen LogP contribution in [0.2, 0.25) is 5.54 Å². The Labute approximate surface area is 53.5 Å². The maximum Gasteiger partial charge on any atom is 0.0863 e. The van der Waals surface area contributed by atoms with Crippen LogP contribution < -0.4 is 0 Å². The fourth-order valence-electron chi connectivity index (χ4n) is 0.641. The lowest BCUT2D eigenvalue weighted by molar-refractivity contribution is 1.05. The molecule has 0 rings (SSSR count). The summed E-state index contributed by atoms with van der Waals surface area (Å²) in [7, 11) is -0.738. The molecule has 8 heavy (non-hydrogen) atoms. The van der Waals surface area contributed by atoms with Gasteiger partial charge >= 0.3 is 0 Å². The first-order valence-corrected chi connectivity index (χ1v) is 4.97. The van der Waals surface area contributed by atoms with Gasteiger partial charge in [0.05, 0.1) is 8.80 Å². The molecule has 0 aromatic rings. The molecule has 0 aliphatic carbocycles. The van der Waals surface area contributed by atoms with Crippen LogP contribution in [0.5, 0.6) is 0 Å². The SMILES string of the molecule is C=C[SiH](C=C)C(C)C. The molecule has 0 aromatic heterocycles. The third kappa shape index (κ3) is 2.12. The molecule has 0 saturated heterocycles. The molecule has 0 amide bonds. The second-order valence-electron chi connectivity index (χ2n) is 2.29. The molecule has 0 unspecified atom stereocenters. The quantitative estimate of drug-likeness (QED) is 0.508. The lowest BCUT2D eigenvalue weighted by Crippen LogP contribution is -2.08. The van der Waals surface area contributed by atoms with Gasteiger partial charge in [0.25, 0.3) is 0 Å². The number of rotatable bonds is 3. The van der Waals surface area contributed by atoms with Crippen LogP contribution in [0.3, 0.4) is 0 Å². The molecular formula is C7H14Si. The summed E-state index contributed by atoms with van der Waals surface area (Å²) in [6.45, 7) is 11.9. The first kappa shape index (κ1) is 7.70. The van der Waals surface area contributed by atoms with E-state index < -0.39 is 8.80 Å². The van der Waals surface area contributed by atoms with Crippen molar-refractivity contribution < 1.29 is 0 Å². The molecule has 0 spiro atoms. The van der Waals surface area contributed by atoms with Crippen molar-refractivity contribution in [3.05, 3.63) is 24.6 Å². The molecule has 0 aromatic carbocycles. The Hall–Kier alpha value is -0.303. The van der Waals surface area contributed by atoms with Crippen molar-refractivity contribution in [1.82, 2.24) is 0 Å². The standard InChI is InChI=1S/C7H14Si/c1-5-8(6-2)7(3)4/h5-8H,1-2H2,3-4H3. The van der Waals surface area contributed by atoms with Crippen LogP contribution in [0.1, 0.15) is 13.8 Å². The van der Waals surface area contributed by atoms with Crippen LogP contribution in [-0.2, 0) is 0 Å². The normalized spacial score (nSPS) is 10.0. The fraction of sp³-hybridized carbons (Fsp3) is 0.429. The van der Waals surface area contributed by atoms with Gasteiger partial charge in [0.2, 0.25) is 0 Å². The van der Waals surface area contributed by atoms with Gasteiger partial charge in [-0.3, -0.25) is 0 Å². The zero-order valence-corrected chi connectivity index (χ0v) is 6.88. The second-order valence-corrected chi connectivity index (χ2v) is 5.72. The van der Waals surface area contributed by atoms with Crippen LogP contribution in [0.4, 0.5) is 0 Å². The van der Waals surface area contributed by atoms with Crippen LogP contribution in [0.25, 0.3) is 0 Å². The molecule has 0 radical (unpaired) electrons. The molecular weight excluding hydrogens is 112 g/mol. The molecule has 0 nitrogen and oxygen atoms in total. The van der Waals surface area contributed by atoms with Gasteiger partial charge in [0.15, 0.2) is 0 Å². The van der Waals surface area contributed by atoms with E-state index in [4.69, 9.17) is 0 Å². The summed E-state index contributed by atoms with van der Waals surface area (Å²) in [5.74, 6) is 0. The van der Waals surface area contributed by atoms with Crippen LogP contribution >= 0.6 is 0 Å². The zero-order chi connectivity index (χ0) is 6.57. The van der Waals surface area contributed by atoms with Gasteiger partial charge in [0.1, 0.15) is 0 Å². The van der Waals surface area contributed by atoms with Crippen molar-refractivity contribution in [1.29, 1.82) is 0 Å². The summed E-state index contributed by atoms with van der Waals surface area (Å²) in [4.78, 5) is 0. The topological polar surface area (TPSA) is 0 Å². The summed E-state index contributed by atoms with van der Waals surface area (Å²) < 4.78 is 0. The lowest BCUT2D eigenvalue weighted by Gasteiger charge is -2.06.